The first kappa shape index (κ1) is 17.4. The predicted octanol–water partition coefficient (Wildman–Crippen LogP) is 4.52. The molecule has 0 N–H and O–H groups in total. The summed E-state index contributed by atoms with van der Waals surface area (Å²) < 4.78 is 0. The number of pyridine rings is 1. The minimum Gasteiger partial charge on any atom is -0.372 e. The van der Waals surface area contributed by atoms with E-state index < -0.39 is 0 Å². The summed E-state index contributed by atoms with van der Waals surface area (Å²) in [6, 6.07) is 15.5. The van der Waals surface area contributed by atoms with Gasteiger partial charge in [-0.15, -0.1) is 0 Å². The fourth-order valence-corrected chi connectivity index (χ4v) is 5.04. The topological polar surface area (TPSA) is 31.7 Å². The van der Waals surface area contributed by atoms with Crippen LogP contribution in [-0.4, -0.2) is 39.9 Å². The molecule has 26 heavy (non-hydrogen) atoms. The van der Waals surface area contributed by atoms with Crippen molar-refractivity contribution in [2.45, 2.75) is 38.1 Å². The van der Waals surface area contributed by atoms with E-state index in [1.54, 1.807) is 0 Å². The Morgan fingerprint density at radius 1 is 1.12 bits per heavy atom. The SMILES string of the molecule is CCN(CC)c1ccc([C@H]2[C@H](c3ccccn3)N=C3S[C@@H](C)CN32)cc1. The molecule has 1 aromatic carbocycles. The van der Waals surface area contributed by atoms with E-state index >= 15 is 0 Å². The molecule has 0 saturated carbocycles. The van der Waals surface area contributed by atoms with Crippen LogP contribution in [0, 0.1) is 0 Å². The fourth-order valence-electron chi connectivity index (χ4n) is 3.95. The lowest BCUT2D eigenvalue weighted by Crippen LogP contribution is -2.28. The number of aromatic nitrogens is 1. The summed E-state index contributed by atoms with van der Waals surface area (Å²) in [5, 5.41) is 1.77. The van der Waals surface area contributed by atoms with Crippen LogP contribution in [0.5, 0.6) is 0 Å². The quantitative estimate of drug-likeness (QED) is 0.779. The molecule has 1 aromatic heterocycles. The van der Waals surface area contributed by atoms with Gasteiger partial charge in [0.15, 0.2) is 5.17 Å². The molecule has 4 rings (SSSR count). The number of hydrogen-bond donors (Lipinski definition) is 0. The summed E-state index contributed by atoms with van der Waals surface area (Å²) in [5.41, 5.74) is 3.67. The summed E-state index contributed by atoms with van der Waals surface area (Å²) in [4.78, 5) is 14.5. The molecule has 0 aliphatic carbocycles. The Bertz CT molecular complexity index is 770. The van der Waals surface area contributed by atoms with Crippen molar-refractivity contribution >= 4 is 22.6 Å². The van der Waals surface area contributed by atoms with E-state index in [4.69, 9.17) is 4.99 Å². The normalized spacial score (nSPS) is 24.5. The van der Waals surface area contributed by atoms with Crippen molar-refractivity contribution in [2.24, 2.45) is 4.99 Å². The highest BCUT2D eigenvalue weighted by atomic mass is 32.2. The zero-order valence-corrected chi connectivity index (χ0v) is 16.5. The van der Waals surface area contributed by atoms with Gasteiger partial charge in [0.05, 0.1) is 11.7 Å². The van der Waals surface area contributed by atoms with Crippen molar-refractivity contribution in [3.05, 3.63) is 59.9 Å². The van der Waals surface area contributed by atoms with Gasteiger partial charge >= 0.3 is 0 Å². The fraction of sp³-hybridized carbons (Fsp3) is 0.429. The molecule has 1 fully saturated rings. The molecule has 0 bridgehead atoms. The van der Waals surface area contributed by atoms with Crippen LogP contribution in [0.25, 0.3) is 0 Å². The molecule has 2 aliphatic heterocycles. The molecule has 136 valence electrons. The second-order valence-corrected chi connectivity index (χ2v) is 8.31. The van der Waals surface area contributed by atoms with Gasteiger partial charge < -0.3 is 9.80 Å². The Kier molecular flexibility index (Phi) is 4.90. The summed E-state index contributed by atoms with van der Waals surface area (Å²) in [5.74, 6) is 0. The first-order chi connectivity index (χ1) is 12.7. The number of anilines is 1. The van der Waals surface area contributed by atoms with Gasteiger partial charge in [0, 0.05) is 36.8 Å². The lowest BCUT2D eigenvalue weighted by Gasteiger charge is -2.28. The zero-order chi connectivity index (χ0) is 18.1. The first-order valence-corrected chi connectivity index (χ1v) is 10.4. The van der Waals surface area contributed by atoms with Crippen LogP contribution >= 0.6 is 11.8 Å². The van der Waals surface area contributed by atoms with Crippen LogP contribution in [-0.2, 0) is 0 Å². The van der Waals surface area contributed by atoms with E-state index in [2.05, 4.69) is 72.0 Å². The van der Waals surface area contributed by atoms with Gasteiger partial charge in [-0.05, 0) is 43.7 Å². The monoisotopic (exact) mass is 366 g/mol. The molecule has 0 unspecified atom stereocenters. The van der Waals surface area contributed by atoms with E-state index in [0.717, 1.165) is 25.3 Å². The number of rotatable bonds is 5. The summed E-state index contributed by atoms with van der Waals surface area (Å²) in [6.07, 6.45) is 1.87. The van der Waals surface area contributed by atoms with Crippen molar-refractivity contribution in [1.82, 2.24) is 9.88 Å². The second kappa shape index (κ2) is 7.31. The van der Waals surface area contributed by atoms with Crippen LogP contribution < -0.4 is 4.90 Å². The predicted molar refractivity (Wildman–Crippen MR) is 111 cm³/mol. The number of fused-ring (bicyclic) bond motifs is 1. The van der Waals surface area contributed by atoms with Gasteiger partial charge in [0.2, 0.25) is 0 Å². The standard InChI is InChI=1S/C21H26N4S/c1-4-24(5-2)17-11-9-16(10-12-17)20-19(18-8-6-7-13-22-18)23-21-25(20)14-15(3)26-21/h6-13,15,19-20H,4-5,14H2,1-3H3/t15-,19-,20-/m0/s1. The Balaban J connectivity index is 1.68. The van der Waals surface area contributed by atoms with Gasteiger partial charge in [-0.1, -0.05) is 36.9 Å². The van der Waals surface area contributed by atoms with Crippen LogP contribution in [0.15, 0.2) is 53.7 Å². The Labute approximate surface area is 160 Å². The van der Waals surface area contributed by atoms with Gasteiger partial charge in [0.1, 0.15) is 6.04 Å². The van der Waals surface area contributed by atoms with Crippen molar-refractivity contribution in [3.63, 3.8) is 0 Å². The van der Waals surface area contributed by atoms with Crippen molar-refractivity contribution in [1.29, 1.82) is 0 Å². The minimum atomic E-state index is 0.0745. The van der Waals surface area contributed by atoms with Crippen molar-refractivity contribution in [2.75, 3.05) is 24.5 Å². The lowest BCUT2D eigenvalue weighted by molar-refractivity contribution is 0.321. The number of hydrogen-bond acceptors (Lipinski definition) is 5. The average molecular weight is 367 g/mol. The number of thioether (sulfide) groups is 1. The van der Waals surface area contributed by atoms with Gasteiger partial charge in [0.25, 0.3) is 0 Å². The molecule has 2 aromatic rings. The molecular weight excluding hydrogens is 340 g/mol. The van der Waals surface area contributed by atoms with E-state index in [9.17, 15) is 0 Å². The molecule has 3 heterocycles. The third-order valence-electron chi connectivity index (χ3n) is 5.24. The maximum Gasteiger partial charge on any atom is 0.160 e. The number of aliphatic imine (C=N–C) groups is 1. The maximum absolute atomic E-state index is 5.05. The number of benzene rings is 1. The Morgan fingerprint density at radius 3 is 2.54 bits per heavy atom. The molecule has 0 amide bonds. The minimum absolute atomic E-state index is 0.0745. The Morgan fingerprint density at radius 2 is 1.88 bits per heavy atom. The summed E-state index contributed by atoms with van der Waals surface area (Å²) in [6.45, 7) is 9.80. The van der Waals surface area contributed by atoms with Gasteiger partial charge in [-0.2, -0.15) is 0 Å². The molecular formula is C21H26N4S. The third kappa shape index (κ3) is 3.09. The third-order valence-corrected chi connectivity index (χ3v) is 6.35. The maximum atomic E-state index is 5.05. The average Bonchev–Trinajstić information content (AvgIpc) is 3.20. The molecule has 5 heteroatoms. The first-order valence-electron chi connectivity index (χ1n) is 9.48. The van der Waals surface area contributed by atoms with E-state index in [1.165, 1.54) is 16.4 Å². The smallest absolute Gasteiger partial charge is 0.160 e. The van der Waals surface area contributed by atoms with Crippen molar-refractivity contribution in [3.8, 4) is 0 Å². The number of nitrogens with zero attached hydrogens (tertiary/aromatic N) is 4. The summed E-state index contributed by atoms with van der Waals surface area (Å²) >= 11 is 1.89. The molecule has 1 saturated heterocycles. The summed E-state index contributed by atoms with van der Waals surface area (Å²) in [7, 11) is 0. The molecule has 4 nitrogen and oxygen atoms in total. The van der Waals surface area contributed by atoms with E-state index in [-0.39, 0.29) is 12.1 Å². The van der Waals surface area contributed by atoms with Crippen LogP contribution in [0.4, 0.5) is 5.69 Å². The van der Waals surface area contributed by atoms with Gasteiger partial charge in [-0.3, -0.25) is 9.98 Å². The van der Waals surface area contributed by atoms with E-state index in [0.29, 0.717) is 5.25 Å². The van der Waals surface area contributed by atoms with Crippen LogP contribution in [0.3, 0.4) is 0 Å². The molecule has 3 atom stereocenters. The Hall–Kier alpha value is -2.01. The molecule has 2 aliphatic rings. The molecule has 0 radical (unpaired) electrons. The highest BCUT2D eigenvalue weighted by Gasteiger charge is 2.43. The van der Waals surface area contributed by atoms with E-state index in [1.807, 2.05) is 24.0 Å². The van der Waals surface area contributed by atoms with Gasteiger partial charge in [-0.25, -0.2) is 0 Å². The van der Waals surface area contributed by atoms with Crippen LogP contribution in [0.1, 0.15) is 44.1 Å². The van der Waals surface area contributed by atoms with Crippen LogP contribution in [0.2, 0.25) is 0 Å². The molecule has 0 spiro atoms. The largest absolute Gasteiger partial charge is 0.372 e. The highest BCUT2D eigenvalue weighted by molar-refractivity contribution is 8.14. The zero-order valence-electron chi connectivity index (χ0n) is 15.7. The van der Waals surface area contributed by atoms with Crippen molar-refractivity contribution < 1.29 is 0 Å². The lowest BCUT2D eigenvalue weighted by atomic mass is 9.96. The number of amidine groups is 1. The second-order valence-electron chi connectivity index (χ2n) is 6.90. The highest BCUT2D eigenvalue weighted by Crippen LogP contribution is 2.47.